The number of aromatic amines is 1. The third-order valence-electron chi connectivity index (χ3n) is 4.79. The molecule has 3 N–H and O–H groups in total. The summed E-state index contributed by atoms with van der Waals surface area (Å²) in [5.74, 6) is 0.203. The summed E-state index contributed by atoms with van der Waals surface area (Å²) in [7, 11) is 0. The lowest BCUT2D eigenvalue weighted by Crippen LogP contribution is -2.61. The van der Waals surface area contributed by atoms with Crippen molar-refractivity contribution in [1.29, 1.82) is 0 Å². The molecule has 2 amide bonds. The highest BCUT2D eigenvalue weighted by atomic mass is 16.1. The molecule has 2 saturated heterocycles. The SMILES string of the molecule is NC(=O)[C@@H]1CN(c2n[nH]c3ncccc23)CC12CN(C=O)C2. The number of nitrogens with two attached hydrogens (primary N) is 1. The number of primary amides is 1. The smallest absolute Gasteiger partial charge is 0.223 e. The largest absolute Gasteiger partial charge is 0.369 e. The molecule has 0 radical (unpaired) electrons. The van der Waals surface area contributed by atoms with Gasteiger partial charge in [0.1, 0.15) is 0 Å². The van der Waals surface area contributed by atoms with Crippen LogP contribution in [0, 0.1) is 11.3 Å². The molecular formula is C14H16N6O2. The van der Waals surface area contributed by atoms with Crippen LogP contribution in [0.15, 0.2) is 18.3 Å². The normalized spacial score (nSPS) is 23.0. The van der Waals surface area contributed by atoms with Gasteiger partial charge in [0.05, 0.1) is 11.3 Å². The Labute approximate surface area is 126 Å². The van der Waals surface area contributed by atoms with Gasteiger partial charge in [-0.2, -0.15) is 5.10 Å². The number of fused-ring (bicyclic) bond motifs is 1. The van der Waals surface area contributed by atoms with Crippen molar-refractivity contribution < 1.29 is 9.59 Å². The Kier molecular flexibility index (Phi) is 2.63. The number of anilines is 1. The molecule has 2 aliphatic heterocycles. The summed E-state index contributed by atoms with van der Waals surface area (Å²) in [4.78, 5) is 30.7. The Hall–Kier alpha value is -2.64. The maximum absolute atomic E-state index is 11.8. The summed E-state index contributed by atoms with van der Waals surface area (Å²) in [6.07, 6.45) is 2.52. The molecule has 1 atom stereocenters. The van der Waals surface area contributed by atoms with Crippen molar-refractivity contribution in [1.82, 2.24) is 20.1 Å². The average Bonchev–Trinajstić information content (AvgIpc) is 3.06. The van der Waals surface area contributed by atoms with E-state index in [-0.39, 0.29) is 17.2 Å². The maximum atomic E-state index is 11.8. The summed E-state index contributed by atoms with van der Waals surface area (Å²) in [5, 5.41) is 8.17. The molecule has 2 fully saturated rings. The zero-order valence-electron chi connectivity index (χ0n) is 11.9. The number of hydrogen-bond acceptors (Lipinski definition) is 5. The van der Waals surface area contributed by atoms with E-state index >= 15 is 0 Å². The van der Waals surface area contributed by atoms with Crippen LogP contribution in [0.5, 0.6) is 0 Å². The summed E-state index contributed by atoms with van der Waals surface area (Å²) in [6, 6.07) is 3.81. The first-order valence-corrected chi connectivity index (χ1v) is 7.16. The first-order valence-electron chi connectivity index (χ1n) is 7.16. The minimum Gasteiger partial charge on any atom is -0.369 e. The van der Waals surface area contributed by atoms with Crippen LogP contribution in [0.1, 0.15) is 0 Å². The van der Waals surface area contributed by atoms with E-state index in [1.165, 1.54) is 0 Å². The number of nitrogens with one attached hydrogen (secondary N) is 1. The molecule has 1 spiro atoms. The number of carbonyl (C=O) groups is 2. The summed E-state index contributed by atoms with van der Waals surface area (Å²) < 4.78 is 0. The second-order valence-electron chi connectivity index (χ2n) is 6.16. The fourth-order valence-electron chi connectivity index (χ4n) is 3.76. The molecule has 0 aliphatic carbocycles. The minimum absolute atomic E-state index is 0.250. The fourth-order valence-corrected chi connectivity index (χ4v) is 3.76. The number of rotatable bonds is 3. The van der Waals surface area contributed by atoms with E-state index in [1.807, 2.05) is 12.1 Å². The molecule has 0 aromatic carbocycles. The first kappa shape index (κ1) is 13.1. The lowest BCUT2D eigenvalue weighted by Gasteiger charge is -2.48. The molecule has 0 unspecified atom stereocenters. The van der Waals surface area contributed by atoms with Crippen LogP contribution >= 0.6 is 0 Å². The second kappa shape index (κ2) is 4.43. The number of nitrogens with zero attached hydrogens (tertiary/aromatic N) is 4. The van der Waals surface area contributed by atoms with Crippen molar-refractivity contribution in [2.75, 3.05) is 31.1 Å². The fraction of sp³-hybridized carbons (Fsp3) is 0.429. The quantitative estimate of drug-likeness (QED) is 0.731. The van der Waals surface area contributed by atoms with Crippen molar-refractivity contribution in [3.05, 3.63) is 18.3 Å². The molecule has 0 saturated carbocycles. The van der Waals surface area contributed by atoms with Gasteiger partial charge in [-0.05, 0) is 12.1 Å². The van der Waals surface area contributed by atoms with Crippen LogP contribution < -0.4 is 10.6 Å². The molecule has 114 valence electrons. The molecule has 4 heterocycles. The van der Waals surface area contributed by atoms with E-state index in [9.17, 15) is 9.59 Å². The molecular weight excluding hydrogens is 284 g/mol. The third-order valence-corrected chi connectivity index (χ3v) is 4.79. The van der Waals surface area contributed by atoms with E-state index in [0.717, 1.165) is 23.3 Å². The summed E-state index contributed by atoms with van der Waals surface area (Å²) in [5.41, 5.74) is 6.05. The predicted octanol–water partition coefficient (Wildman–Crippen LogP) is -0.662. The third kappa shape index (κ3) is 1.69. The summed E-state index contributed by atoms with van der Waals surface area (Å²) >= 11 is 0. The van der Waals surface area contributed by atoms with Gasteiger partial charge in [0.25, 0.3) is 0 Å². The number of H-pyrrole nitrogens is 1. The van der Waals surface area contributed by atoms with Crippen molar-refractivity contribution in [3.63, 3.8) is 0 Å². The zero-order valence-corrected chi connectivity index (χ0v) is 11.9. The van der Waals surface area contributed by atoms with Gasteiger partial charge in [0, 0.05) is 37.8 Å². The standard InChI is InChI=1S/C14H16N6O2/c15-11(22)10-4-20(7-14(10)5-19(6-14)8-21)13-9-2-1-3-16-12(9)17-18-13/h1-3,8,10H,4-7H2,(H2,15,22)(H,16,17,18)/t10-/m0/s1. The van der Waals surface area contributed by atoms with E-state index in [2.05, 4.69) is 20.1 Å². The molecule has 4 rings (SSSR count). The van der Waals surface area contributed by atoms with Gasteiger partial charge < -0.3 is 15.5 Å². The van der Waals surface area contributed by atoms with E-state index in [1.54, 1.807) is 11.1 Å². The molecule has 2 aromatic rings. The Morgan fingerprint density at radius 1 is 1.45 bits per heavy atom. The number of likely N-dealkylation sites (tertiary alicyclic amines) is 1. The highest BCUT2D eigenvalue weighted by Crippen LogP contribution is 2.45. The minimum atomic E-state index is -0.314. The number of pyridine rings is 1. The van der Waals surface area contributed by atoms with Crippen molar-refractivity contribution in [2.45, 2.75) is 0 Å². The van der Waals surface area contributed by atoms with Crippen LogP contribution in [0.2, 0.25) is 0 Å². The number of amides is 2. The lowest BCUT2D eigenvalue weighted by molar-refractivity contribution is -0.138. The number of aromatic nitrogens is 3. The van der Waals surface area contributed by atoms with Gasteiger partial charge >= 0.3 is 0 Å². The van der Waals surface area contributed by atoms with E-state index in [0.29, 0.717) is 26.2 Å². The average molecular weight is 300 g/mol. The molecule has 8 heteroatoms. The van der Waals surface area contributed by atoms with Gasteiger partial charge in [-0.25, -0.2) is 4.98 Å². The van der Waals surface area contributed by atoms with Crippen molar-refractivity contribution in [2.24, 2.45) is 17.1 Å². The number of hydrogen-bond donors (Lipinski definition) is 2. The van der Waals surface area contributed by atoms with E-state index in [4.69, 9.17) is 5.73 Å². The van der Waals surface area contributed by atoms with Crippen molar-refractivity contribution in [3.8, 4) is 0 Å². The zero-order chi connectivity index (χ0) is 15.3. The molecule has 22 heavy (non-hydrogen) atoms. The Balaban J connectivity index is 1.67. The molecule has 0 bridgehead atoms. The van der Waals surface area contributed by atoms with Crippen LogP contribution in [-0.2, 0) is 9.59 Å². The molecule has 2 aliphatic rings. The van der Waals surface area contributed by atoms with Gasteiger partial charge in [0.2, 0.25) is 12.3 Å². The second-order valence-corrected chi connectivity index (χ2v) is 6.16. The van der Waals surface area contributed by atoms with E-state index < -0.39 is 0 Å². The lowest BCUT2D eigenvalue weighted by atomic mass is 9.71. The van der Waals surface area contributed by atoms with Crippen LogP contribution in [0.3, 0.4) is 0 Å². The van der Waals surface area contributed by atoms with Crippen molar-refractivity contribution >= 4 is 29.2 Å². The van der Waals surface area contributed by atoms with Gasteiger partial charge in [-0.1, -0.05) is 0 Å². The van der Waals surface area contributed by atoms with Crippen LogP contribution in [0.4, 0.5) is 5.82 Å². The number of carbonyl (C=O) groups excluding carboxylic acids is 2. The maximum Gasteiger partial charge on any atom is 0.223 e. The predicted molar refractivity (Wildman–Crippen MR) is 78.9 cm³/mol. The van der Waals surface area contributed by atoms with Gasteiger partial charge in [-0.3, -0.25) is 14.7 Å². The highest BCUT2D eigenvalue weighted by Gasteiger charge is 2.56. The van der Waals surface area contributed by atoms with Gasteiger partial charge in [-0.15, -0.1) is 0 Å². The highest BCUT2D eigenvalue weighted by molar-refractivity contribution is 5.88. The topological polar surface area (TPSA) is 108 Å². The Morgan fingerprint density at radius 3 is 3.00 bits per heavy atom. The molecule has 2 aromatic heterocycles. The Morgan fingerprint density at radius 2 is 2.27 bits per heavy atom. The monoisotopic (exact) mass is 300 g/mol. The Bertz CT molecular complexity index is 751. The van der Waals surface area contributed by atoms with Gasteiger partial charge in [0.15, 0.2) is 11.5 Å². The first-order chi connectivity index (χ1) is 10.6. The van der Waals surface area contributed by atoms with Crippen LogP contribution in [0.25, 0.3) is 11.0 Å². The van der Waals surface area contributed by atoms with Crippen LogP contribution in [-0.4, -0.2) is 58.6 Å². The molecule has 8 nitrogen and oxygen atoms in total. The summed E-state index contributed by atoms with van der Waals surface area (Å²) in [6.45, 7) is 2.33.